The van der Waals surface area contributed by atoms with Gasteiger partial charge >= 0.3 is 0 Å². The van der Waals surface area contributed by atoms with Crippen LogP contribution in [0.3, 0.4) is 0 Å². The molecule has 0 unspecified atom stereocenters. The molecule has 266 valence electrons. The Morgan fingerprint density at radius 1 is 0.281 bits per heavy atom. The van der Waals surface area contributed by atoms with Gasteiger partial charge in [-0.1, -0.05) is 170 Å². The fourth-order valence-corrected chi connectivity index (χ4v) is 8.25. The fourth-order valence-electron chi connectivity index (χ4n) is 8.25. The molecule has 0 bridgehead atoms. The summed E-state index contributed by atoms with van der Waals surface area (Å²) < 4.78 is 2.48. The van der Waals surface area contributed by atoms with Gasteiger partial charge in [-0.3, -0.25) is 0 Å². The molecule has 4 heteroatoms. The highest BCUT2D eigenvalue weighted by Gasteiger charge is 2.23. The molecule has 57 heavy (non-hydrogen) atoms. The van der Waals surface area contributed by atoms with Crippen LogP contribution in [0.15, 0.2) is 206 Å². The van der Waals surface area contributed by atoms with Crippen LogP contribution in [0, 0.1) is 0 Å². The number of benzene rings is 9. The highest BCUT2D eigenvalue weighted by molar-refractivity contribution is 6.14. The average molecular weight is 727 g/mol. The zero-order chi connectivity index (χ0) is 37.7. The topological polar surface area (TPSA) is 43.6 Å². The van der Waals surface area contributed by atoms with Crippen molar-refractivity contribution < 1.29 is 0 Å². The summed E-state index contributed by atoms with van der Waals surface area (Å²) in [5.41, 5.74) is 10.5. The second-order valence-electron chi connectivity index (χ2n) is 14.5. The van der Waals surface area contributed by atoms with Gasteiger partial charge in [-0.05, 0) is 69.1 Å². The molecule has 2 aromatic heterocycles. The Kier molecular flexibility index (Phi) is 7.78. The van der Waals surface area contributed by atoms with Crippen LogP contribution in [0.5, 0.6) is 0 Å². The lowest BCUT2D eigenvalue weighted by molar-refractivity contribution is 1.07. The minimum absolute atomic E-state index is 0.613. The van der Waals surface area contributed by atoms with Crippen molar-refractivity contribution in [1.29, 1.82) is 0 Å². The van der Waals surface area contributed by atoms with Crippen LogP contribution in [0.4, 0.5) is 0 Å². The normalized spacial score (nSPS) is 11.5. The number of aromatic nitrogens is 4. The Balaban J connectivity index is 1.28. The third-order valence-electron chi connectivity index (χ3n) is 11.0. The van der Waals surface area contributed by atoms with Gasteiger partial charge in [0.05, 0.1) is 16.7 Å². The number of para-hydroxylation sites is 1. The molecule has 0 aliphatic carbocycles. The molecule has 0 fully saturated rings. The van der Waals surface area contributed by atoms with E-state index in [2.05, 4.69) is 174 Å². The summed E-state index contributed by atoms with van der Waals surface area (Å²) in [6.45, 7) is 0. The van der Waals surface area contributed by atoms with Gasteiger partial charge in [-0.15, -0.1) is 0 Å². The molecule has 2 heterocycles. The molecule has 11 aromatic rings. The van der Waals surface area contributed by atoms with Crippen molar-refractivity contribution in [1.82, 2.24) is 19.5 Å². The molecule has 11 rings (SSSR count). The number of rotatable bonds is 6. The van der Waals surface area contributed by atoms with Crippen molar-refractivity contribution in [2.45, 2.75) is 0 Å². The number of nitrogens with zero attached hydrogens (tertiary/aromatic N) is 4. The summed E-state index contributed by atoms with van der Waals surface area (Å²) >= 11 is 0. The summed E-state index contributed by atoms with van der Waals surface area (Å²) in [4.78, 5) is 15.5. The van der Waals surface area contributed by atoms with E-state index in [0.717, 1.165) is 55.7 Å². The van der Waals surface area contributed by atoms with Crippen molar-refractivity contribution >= 4 is 43.4 Å². The van der Waals surface area contributed by atoms with Crippen LogP contribution in [0.25, 0.3) is 105 Å². The largest absolute Gasteiger partial charge is 0.308 e. The Labute approximate surface area is 330 Å². The van der Waals surface area contributed by atoms with Crippen LogP contribution < -0.4 is 0 Å². The quantitative estimate of drug-likeness (QED) is 0.171. The van der Waals surface area contributed by atoms with E-state index in [1.165, 1.54) is 32.3 Å². The van der Waals surface area contributed by atoms with Crippen LogP contribution in [-0.4, -0.2) is 19.5 Å². The van der Waals surface area contributed by atoms with Gasteiger partial charge in [0.25, 0.3) is 0 Å². The highest BCUT2D eigenvalue weighted by Crippen LogP contribution is 2.45. The second kappa shape index (κ2) is 13.6. The Hall–Kier alpha value is -7.69. The molecule has 0 aliphatic rings. The van der Waals surface area contributed by atoms with Crippen LogP contribution in [-0.2, 0) is 0 Å². The predicted octanol–water partition coefficient (Wildman–Crippen LogP) is 13.6. The molecule has 4 nitrogen and oxygen atoms in total. The van der Waals surface area contributed by atoms with Gasteiger partial charge in [0.15, 0.2) is 17.5 Å². The summed E-state index contributed by atoms with van der Waals surface area (Å²) in [6, 6.07) is 73.1. The molecule has 0 saturated carbocycles. The third-order valence-corrected chi connectivity index (χ3v) is 11.0. The molecule has 0 amide bonds. The minimum atomic E-state index is 0.613. The lowest BCUT2D eigenvalue weighted by Gasteiger charge is -2.21. The molecule has 0 N–H and O–H groups in total. The van der Waals surface area contributed by atoms with Crippen molar-refractivity contribution in [3.63, 3.8) is 0 Å². The van der Waals surface area contributed by atoms with E-state index in [4.69, 9.17) is 15.0 Å². The van der Waals surface area contributed by atoms with Crippen LogP contribution >= 0.6 is 0 Å². The molecule has 9 aromatic carbocycles. The molecule has 0 saturated heterocycles. The first-order chi connectivity index (χ1) is 28.2. The first-order valence-corrected chi connectivity index (χ1v) is 19.3. The van der Waals surface area contributed by atoms with E-state index in [1.807, 2.05) is 36.4 Å². The molecular formula is C53H34N4. The maximum atomic E-state index is 5.22. The van der Waals surface area contributed by atoms with E-state index in [0.29, 0.717) is 17.5 Å². The Bertz CT molecular complexity index is 3220. The van der Waals surface area contributed by atoms with Crippen LogP contribution in [0.2, 0.25) is 0 Å². The van der Waals surface area contributed by atoms with E-state index in [9.17, 15) is 0 Å². The maximum Gasteiger partial charge on any atom is 0.164 e. The number of fused-ring (bicyclic) bond motifs is 5. The lowest BCUT2D eigenvalue weighted by atomic mass is 9.91. The minimum Gasteiger partial charge on any atom is -0.308 e. The molecule has 0 radical (unpaired) electrons. The highest BCUT2D eigenvalue weighted by atomic mass is 15.0. The summed E-state index contributed by atoms with van der Waals surface area (Å²) in [5.74, 6) is 1.87. The van der Waals surface area contributed by atoms with E-state index < -0.39 is 0 Å². The zero-order valence-corrected chi connectivity index (χ0v) is 30.9. The summed E-state index contributed by atoms with van der Waals surface area (Å²) in [5, 5.41) is 7.23. The maximum absolute atomic E-state index is 5.22. The van der Waals surface area contributed by atoms with Crippen molar-refractivity contribution in [3.8, 4) is 62.1 Å². The average Bonchev–Trinajstić information content (AvgIpc) is 3.61. The molecule has 0 atom stereocenters. The van der Waals surface area contributed by atoms with E-state index >= 15 is 0 Å². The first kappa shape index (κ1) is 32.7. The van der Waals surface area contributed by atoms with Gasteiger partial charge < -0.3 is 4.57 Å². The van der Waals surface area contributed by atoms with Gasteiger partial charge in [-0.25, -0.2) is 15.0 Å². The van der Waals surface area contributed by atoms with Crippen LogP contribution in [0.1, 0.15) is 0 Å². The Morgan fingerprint density at radius 3 is 1.39 bits per heavy atom. The second-order valence-corrected chi connectivity index (χ2v) is 14.5. The van der Waals surface area contributed by atoms with Gasteiger partial charge in [0, 0.05) is 38.6 Å². The van der Waals surface area contributed by atoms with E-state index in [-0.39, 0.29) is 0 Å². The summed E-state index contributed by atoms with van der Waals surface area (Å²) in [6.07, 6.45) is 0. The van der Waals surface area contributed by atoms with Gasteiger partial charge in [0.1, 0.15) is 0 Å². The first-order valence-electron chi connectivity index (χ1n) is 19.3. The molecule has 0 spiro atoms. The van der Waals surface area contributed by atoms with Gasteiger partial charge in [0.2, 0.25) is 0 Å². The lowest BCUT2D eigenvalue weighted by Crippen LogP contribution is -2.04. The monoisotopic (exact) mass is 726 g/mol. The molecule has 0 aliphatic heterocycles. The predicted molar refractivity (Wildman–Crippen MR) is 236 cm³/mol. The zero-order valence-electron chi connectivity index (χ0n) is 30.9. The smallest absolute Gasteiger partial charge is 0.164 e. The van der Waals surface area contributed by atoms with Crippen molar-refractivity contribution in [3.05, 3.63) is 206 Å². The van der Waals surface area contributed by atoms with Crippen molar-refractivity contribution in [2.24, 2.45) is 0 Å². The van der Waals surface area contributed by atoms with Gasteiger partial charge in [-0.2, -0.15) is 0 Å². The fraction of sp³-hybridized carbons (Fsp3) is 0. The SMILES string of the molecule is c1ccc(-c2nc(-c3ccccc3)nc(-c3cc(-c4ccccc4)c(-n4c5ccccc5c5cc6ccccc6cc54)c(-c4ccc5ccccc5c4)c3)n2)cc1. The van der Waals surface area contributed by atoms with E-state index in [1.54, 1.807) is 0 Å². The van der Waals surface area contributed by atoms with Crippen molar-refractivity contribution in [2.75, 3.05) is 0 Å². The summed E-state index contributed by atoms with van der Waals surface area (Å²) in [7, 11) is 0. The Morgan fingerprint density at radius 2 is 0.754 bits per heavy atom. The standard InChI is InChI=1S/C53H34N4/c1-4-17-36(18-5-1)45-32-43(53-55-51(37-19-6-2-7-20-37)54-52(56-53)38-21-8-3-9-22-38)33-46(42-29-28-35-16-10-11-23-39(35)30-42)50(45)57-48-27-15-14-26-44(48)47-31-40-24-12-13-25-41(40)34-49(47)57/h1-34H. The number of hydrogen-bond donors (Lipinski definition) is 0. The third kappa shape index (κ3) is 5.74. The molecular weight excluding hydrogens is 693 g/mol. The number of hydrogen-bond acceptors (Lipinski definition) is 3.